The molecular weight excluding hydrogens is 368 g/mol. The largest absolute Gasteiger partial charge is 0.366 e. The summed E-state index contributed by atoms with van der Waals surface area (Å²) >= 11 is 3.35. The molecule has 0 aliphatic heterocycles. The molecule has 0 saturated carbocycles. The molecule has 2 aromatic heterocycles. The first kappa shape index (κ1) is 16.1. The average Bonchev–Trinajstić information content (AvgIpc) is 2.62. The molecule has 0 unspecified atom stereocenters. The average molecular weight is 383 g/mol. The van der Waals surface area contributed by atoms with Gasteiger partial charge in [0.05, 0.1) is 11.9 Å². The SMILES string of the molecule is O=C(Nc1ccc(NCc2cccnc2)nc1)c1ccc(Br)cc1. The lowest BCUT2D eigenvalue weighted by Crippen LogP contribution is -2.12. The fraction of sp³-hybridized carbons (Fsp3) is 0.0556. The van der Waals surface area contributed by atoms with Gasteiger partial charge in [0.25, 0.3) is 5.91 Å². The summed E-state index contributed by atoms with van der Waals surface area (Å²) in [4.78, 5) is 20.5. The van der Waals surface area contributed by atoms with Crippen LogP contribution in [0.5, 0.6) is 0 Å². The molecule has 5 nitrogen and oxygen atoms in total. The van der Waals surface area contributed by atoms with Crippen LogP contribution in [0.4, 0.5) is 11.5 Å². The zero-order valence-corrected chi connectivity index (χ0v) is 14.3. The number of benzene rings is 1. The zero-order valence-electron chi connectivity index (χ0n) is 12.7. The van der Waals surface area contributed by atoms with E-state index in [2.05, 4.69) is 36.5 Å². The van der Waals surface area contributed by atoms with Gasteiger partial charge < -0.3 is 10.6 Å². The number of hydrogen-bond acceptors (Lipinski definition) is 4. The normalized spacial score (nSPS) is 10.2. The van der Waals surface area contributed by atoms with E-state index in [1.807, 2.05) is 36.4 Å². The van der Waals surface area contributed by atoms with Gasteiger partial charge >= 0.3 is 0 Å². The molecule has 3 rings (SSSR count). The number of amides is 1. The smallest absolute Gasteiger partial charge is 0.255 e. The van der Waals surface area contributed by atoms with E-state index in [0.717, 1.165) is 15.9 Å². The maximum absolute atomic E-state index is 12.1. The van der Waals surface area contributed by atoms with Gasteiger partial charge in [-0.2, -0.15) is 0 Å². The van der Waals surface area contributed by atoms with E-state index < -0.39 is 0 Å². The maximum atomic E-state index is 12.1. The van der Waals surface area contributed by atoms with Crippen molar-refractivity contribution in [1.82, 2.24) is 9.97 Å². The fourth-order valence-electron chi connectivity index (χ4n) is 2.07. The second-order valence-electron chi connectivity index (χ2n) is 5.11. The molecule has 2 heterocycles. The Bertz CT molecular complexity index is 805. The molecule has 0 fully saturated rings. The first-order valence-electron chi connectivity index (χ1n) is 7.36. The molecular formula is C18H15BrN4O. The predicted molar refractivity (Wildman–Crippen MR) is 97.9 cm³/mol. The van der Waals surface area contributed by atoms with Gasteiger partial charge in [-0.3, -0.25) is 9.78 Å². The Morgan fingerprint density at radius 3 is 2.54 bits per heavy atom. The second kappa shape index (κ2) is 7.70. The second-order valence-corrected chi connectivity index (χ2v) is 6.02. The van der Waals surface area contributed by atoms with E-state index in [1.165, 1.54) is 0 Å². The number of halogens is 1. The van der Waals surface area contributed by atoms with E-state index in [0.29, 0.717) is 17.8 Å². The Kier molecular flexibility index (Phi) is 5.18. The molecule has 2 N–H and O–H groups in total. The number of aromatic nitrogens is 2. The Morgan fingerprint density at radius 2 is 1.88 bits per heavy atom. The molecule has 0 radical (unpaired) electrons. The third-order valence-corrected chi connectivity index (χ3v) is 3.85. The highest BCUT2D eigenvalue weighted by Crippen LogP contribution is 2.14. The number of carbonyl (C=O) groups is 1. The third kappa shape index (κ3) is 4.39. The molecule has 6 heteroatoms. The summed E-state index contributed by atoms with van der Waals surface area (Å²) in [5, 5.41) is 6.03. The summed E-state index contributed by atoms with van der Waals surface area (Å²) in [5.74, 6) is 0.570. The van der Waals surface area contributed by atoms with Crippen LogP contribution in [0.15, 0.2) is 71.6 Å². The van der Waals surface area contributed by atoms with Gasteiger partial charge in [0, 0.05) is 29.0 Å². The van der Waals surface area contributed by atoms with Gasteiger partial charge in [-0.1, -0.05) is 22.0 Å². The molecule has 0 saturated heterocycles. The Balaban J connectivity index is 1.58. The Hall–Kier alpha value is -2.73. The number of nitrogens with one attached hydrogen (secondary N) is 2. The quantitative estimate of drug-likeness (QED) is 0.696. The summed E-state index contributed by atoms with van der Waals surface area (Å²) in [7, 11) is 0. The number of rotatable bonds is 5. The first-order chi connectivity index (χ1) is 11.7. The minimum absolute atomic E-state index is 0.166. The Labute approximate surface area is 148 Å². The van der Waals surface area contributed by atoms with Crippen molar-refractivity contribution in [3.8, 4) is 0 Å². The van der Waals surface area contributed by atoms with Crippen molar-refractivity contribution in [1.29, 1.82) is 0 Å². The van der Waals surface area contributed by atoms with Crippen LogP contribution in [0.25, 0.3) is 0 Å². The lowest BCUT2D eigenvalue weighted by molar-refractivity contribution is 0.102. The summed E-state index contributed by atoms with van der Waals surface area (Å²) in [6, 6.07) is 14.7. The van der Waals surface area contributed by atoms with E-state index in [9.17, 15) is 4.79 Å². The number of pyridine rings is 2. The Morgan fingerprint density at radius 1 is 1.04 bits per heavy atom. The summed E-state index contributed by atoms with van der Waals surface area (Å²) in [6.45, 7) is 0.644. The minimum atomic E-state index is -0.166. The predicted octanol–water partition coefficient (Wildman–Crippen LogP) is 4.10. The molecule has 1 aromatic carbocycles. The highest BCUT2D eigenvalue weighted by molar-refractivity contribution is 9.10. The van der Waals surface area contributed by atoms with Crippen LogP contribution in [-0.2, 0) is 6.54 Å². The van der Waals surface area contributed by atoms with Crippen molar-refractivity contribution >= 4 is 33.3 Å². The number of nitrogens with zero attached hydrogens (tertiary/aromatic N) is 2. The molecule has 0 aliphatic rings. The molecule has 120 valence electrons. The van der Waals surface area contributed by atoms with Crippen molar-refractivity contribution in [2.75, 3.05) is 10.6 Å². The van der Waals surface area contributed by atoms with E-state index in [1.54, 1.807) is 30.7 Å². The molecule has 24 heavy (non-hydrogen) atoms. The number of hydrogen-bond donors (Lipinski definition) is 2. The minimum Gasteiger partial charge on any atom is -0.366 e. The van der Waals surface area contributed by atoms with Crippen molar-refractivity contribution in [2.24, 2.45) is 0 Å². The molecule has 0 spiro atoms. The highest BCUT2D eigenvalue weighted by atomic mass is 79.9. The standard InChI is InChI=1S/C18H15BrN4O/c19-15-5-3-14(4-6-15)18(24)23-16-7-8-17(22-12-16)21-11-13-2-1-9-20-10-13/h1-10,12H,11H2,(H,21,22)(H,23,24). The summed E-state index contributed by atoms with van der Waals surface area (Å²) < 4.78 is 0.935. The van der Waals surface area contributed by atoms with Crippen molar-refractivity contribution in [2.45, 2.75) is 6.54 Å². The van der Waals surface area contributed by atoms with Crippen LogP contribution in [0.2, 0.25) is 0 Å². The van der Waals surface area contributed by atoms with Crippen LogP contribution in [0.3, 0.4) is 0 Å². The molecule has 0 bridgehead atoms. The van der Waals surface area contributed by atoms with Crippen LogP contribution in [0, 0.1) is 0 Å². The van der Waals surface area contributed by atoms with Gasteiger partial charge in [0.2, 0.25) is 0 Å². The van der Waals surface area contributed by atoms with Crippen LogP contribution < -0.4 is 10.6 Å². The summed E-state index contributed by atoms with van der Waals surface area (Å²) in [5.41, 5.74) is 2.32. The topological polar surface area (TPSA) is 66.9 Å². The fourth-order valence-corrected chi connectivity index (χ4v) is 2.34. The van der Waals surface area contributed by atoms with Crippen molar-refractivity contribution in [3.05, 3.63) is 82.7 Å². The lowest BCUT2D eigenvalue weighted by Gasteiger charge is -2.08. The van der Waals surface area contributed by atoms with Crippen LogP contribution in [-0.4, -0.2) is 15.9 Å². The van der Waals surface area contributed by atoms with Gasteiger partial charge in [-0.15, -0.1) is 0 Å². The number of anilines is 2. The van der Waals surface area contributed by atoms with Gasteiger partial charge in [0.15, 0.2) is 0 Å². The first-order valence-corrected chi connectivity index (χ1v) is 8.16. The lowest BCUT2D eigenvalue weighted by atomic mass is 10.2. The monoisotopic (exact) mass is 382 g/mol. The highest BCUT2D eigenvalue weighted by Gasteiger charge is 2.06. The van der Waals surface area contributed by atoms with E-state index >= 15 is 0 Å². The van der Waals surface area contributed by atoms with Gasteiger partial charge in [-0.05, 0) is 48.0 Å². The molecule has 1 amide bonds. The molecule has 0 atom stereocenters. The van der Waals surface area contributed by atoms with Crippen molar-refractivity contribution < 1.29 is 4.79 Å². The van der Waals surface area contributed by atoms with Crippen molar-refractivity contribution in [3.63, 3.8) is 0 Å². The van der Waals surface area contributed by atoms with E-state index in [4.69, 9.17) is 0 Å². The summed E-state index contributed by atoms with van der Waals surface area (Å²) in [6.07, 6.45) is 5.17. The van der Waals surface area contributed by atoms with Crippen LogP contribution >= 0.6 is 15.9 Å². The zero-order chi connectivity index (χ0) is 16.8. The number of carbonyl (C=O) groups excluding carboxylic acids is 1. The molecule has 0 aliphatic carbocycles. The van der Waals surface area contributed by atoms with Gasteiger partial charge in [0.1, 0.15) is 5.82 Å². The van der Waals surface area contributed by atoms with E-state index in [-0.39, 0.29) is 5.91 Å². The van der Waals surface area contributed by atoms with Gasteiger partial charge in [-0.25, -0.2) is 4.98 Å². The molecule has 3 aromatic rings. The third-order valence-electron chi connectivity index (χ3n) is 3.32. The van der Waals surface area contributed by atoms with Crippen LogP contribution in [0.1, 0.15) is 15.9 Å². The maximum Gasteiger partial charge on any atom is 0.255 e.